The van der Waals surface area contributed by atoms with E-state index in [-0.39, 0.29) is 23.8 Å². The molecule has 17 heavy (non-hydrogen) atoms. The second-order valence-electron chi connectivity index (χ2n) is 3.73. The minimum Gasteiger partial charge on any atom is -0.395 e. The van der Waals surface area contributed by atoms with Gasteiger partial charge >= 0.3 is 0 Å². The lowest BCUT2D eigenvalue weighted by Crippen LogP contribution is -2.41. The van der Waals surface area contributed by atoms with Crippen LogP contribution in [0.2, 0.25) is 5.02 Å². The van der Waals surface area contributed by atoms with E-state index in [0.717, 1.165) is 0 Å². The summed E-state index contributed by atoms with van der Waals surface area (Å²) < 4.78 is 0. The normalized spacial score (nSPS) is 14.1. The van der Waals surface area contributed by atoms with Crippen molar-refractivity contribution >= 4 is 29.3 Å². The van der Waals surface area contributed by atoms with Crippen LogP contribution in [0.15, 0.2) is 24.3 Å². The fourth-order valence-corrected chi connectivity index (χ4v) is 2.27. The Hall–Kier alpha value is -0.710. The number of aliphatic hydroxyl groups excluding tert-OH is 1. The summed E-state index contributed by atoms with van der Waals surface area (Å²) >= 11 is 7.35. The lowest BCUT2D eigenvalue weighted by molar-refractivity contribution is 0.0936. The SMILES string of the molecule is CS[C@@H](CO)[C@@H](C)NC(=O)c1cccc(Cl)c1. The summed E-state index contributed by atoms with van der Waals surface area (Å²) in [6.07, 6.45) is 1.91. The molecule has 94 valence electrons. The number of rotatable bonds is 5. The first-order valence-electron chi connectivity index (χ1n) is 5.28. The van der Waals surface area contributed by atoms with Gasteiger partial charge in [0.2, 0.25) is 0 Å². The molecule has 0 aromatic heterocycles. The number of aliphatic hydroxyl groups is 1. The van der Waals surface area contributed by atoms with Crippen molar-refractivity contribution < 1.29 is 9.90 Å². The van der Waals surface area contributed by atoms with E-state index in [0.29, 0.717) is 10.6 Å². The molecule has 0 spiro atoms. The van der Waals surface area contributed by atoms with Gasteiger partial charge < -0.3 is 10.4 Å². The zero-order valence-corrected chi connectivity index (χ0v) is 11.4. The number of hydrogen-bond donors (Lipinski definition) is 2. The van der Waals surface area contributed by atoms with E-state index >= 15 is 0 Å². The highest BCUT2D eigenvalue weighted by atomic mass is 35.5. The Labute approximate surface area is 111 Å². The van der Waals surface area contributed by atoms with Crippen LogP contribution in [0.3, 0.4) is 0 Å². The van der Waals surface area contributed by atoms with Gasteiger partial charge in [-0.15, -0.1) is 0 Å². The highest BCUT2D eigenvalue weighted by Crippen LogP contribution is 2.13. The number of carbonyl (C=O) groups is 1. The zero-order chi connectivity index (χ0) is 12.8. The Bertz CT molecular complexity index is 383. The summed E-state index contributed by atoms with van der Waals surface area (Å²) in [6, 6.07) is 6.69. The molecule has 1 rings (SSSR count). The molecule has 2 N–H and O–H groups in total. The molecule has 0 unspecified atom stereocenters. The molecule has 0 bridgehead atoms. The number of amides is 1. The van der Waals surface area contributed by atoms with Crippen molar-refractivity contribution in [1.82, 2.24) is 5.32 Å². The van der Waals surface area contributed by atoms with Crippen molar-refractivity contribution in [2.24, 2.45) is 0 Å². The highest BCUT2D eigenvalue weighted by Gasteiger charge is 2.18. The van der Waals surface area contributed by atoms with Gasteiger partial charge in [0.25, 0.3) is 5.91 Å². The van der Waals surface area contributed by atoms with Gasteiger partial charge in [-0.25, -0.2) is 0 Å². The van der Waals surface area contributed by atoms with Gasteiger partial charge in [-0.05, 0) is 31.4 Å². The van der Waals surface area contributed by atoms with Gasteiger partial charge in [-0.1, -0.05) is 17.7 Å². The van der Waals surface area contributed by atoms with Crippen molar-refractivity contribution in [3.05, 3.63) is 34.9 Å². The third-order valence-corrected chi connectivity index (χ3v) is 3.88. The van der Waals surface area contributed by atoms with E-state index in [1.807, 2.05) is 13.2 Å². The molecule has 1 aromatic rings. The predicted molar refractivity (Wildman–Crippen MR) is 72.8 cm³/mol. The molecule has 2 atom stereocenters. The predicted octanol–water partition coefficient (Wildman–Crippen LogP) is 2.18. The summed E-state index contributed by atoms with van der Waals surface area (Å²) in [5.74, 6) is -0.174. The minimum absolute atomic E-state index is 0.00173. The van der Waals surface area contributed by atoms with Crippen molar-refractivity contribution in [3.8, 4) is 0 Å². The molecule has 1 amide bonds. The summed E-state index contributed by atoms with van der Waals surface area (Å²) in [6.45, 7) is 1.91. The molecule has 0 saturated heterocycles. The Kier molecular flexibility index (Phi) is 5.82. The van der Waals surface area contributed by atoms with Crippen LogP contribution in [-0.2, 0) is 0 Å². The summed E-state index contributed by atoms with van der Waals surface area (Å²) in [4.78, 5) is 11.9. The molecule has 3 nitrogen and oxygen atoms in total. The van der Waals surface area contributed by atoms with Gasteiger partial charge in [0, 0.05) is 21.9 Å². The molecule has 0 aliphatic rings. The average Bonchev–Trinajstić information content (AvgIpc) is 2.30. The Balaban J connectivity index is 2.66. The highest BCUT2D eigenvalue weighted by molar-refractivity contribution is 7.99. The van der Waals surface area contributed by atoms with Crippen LogP contribution in [0.5, 0.6) is 0 Å². The van der Waals surface area contributed by atoms with Crippen molar-refractivity contribution in [1.29, 1.82) is 0 Å². The lowest BCUT2D eigenvalue weighted by Gasteiger charge is -2.21. The summed E-state index contributed by atoms with van der Waals surface area (Å²) in [5, 5.41) is 12.5. The van der Waals surface area contributed by atoms with Crippen molar-refractivity contribution in [3.63, 3.8) is 0 Å². The van der Waals surface area contributed by atoms with Crippen LogP contribution >= 0.6 is 23.4 Å². The van der Waals surface area contributed by atoms with Crippen molar-refractivity contribution in [2.75, 3.05) is 12.9 Å². The minimum atomic E-state index is -0.174. The molecule has 0 saturated carbocycles. The van der Waals surface area contributed by atoms with Gasteiger partial charge in [-0.3, -0.25) is 4.79 Å². The standard InChI is InChI=1S/C12H16ClNO2S/c1-8(11(7-15)17-2)14-12(16)9-4-3-5-10(13)6-9/h3-6,8,11,15H,7H2,1-2H3,(H,14,16)/t8-,11+/m1/s1. The van der Waals surface area contributed by atoms with E-state index in [2.05, 4.69) is 5.32 Å². The van der Waals surface area contributed by atoms with Crippen molar-refractivity contribution in [2.45, 2.75) is 18.2 Å². The smallest absolute Gasteiger partial charge is 0.251 e. The molecular formula is C12H16ClNO2S. The maximum Gasteiger partial charge on any atom is 0.251 e. The molecule has 0 radical (unpaired) electrons. The van der Waals surface area contributed by atoms with Crippen LogP contribution < -0.4 is 5.32 Å². The van der Waals surface area contributed by atoms with E-state index in [9.17, 15) is 4.79 Å². The number of carbonyl (C=O) groups excluding carboxylic acids is 1. The van der Waals surface area contributed by atoms with Gasteiger partial charge in [0.15, 0.2) is 0 Å². The van der Waals surface area contributed by atoms with Crippen LogP contribution in [0, 0.1) is 0 Å². The molecular weight excluding hydrogens is 258 g/mol. The molecule has 0 aliphatic carbocycles. The maximum atomic E-state index is 11.9. The van der Waals surface area contributed by atoms with E-state index in [1.165, 1.54) is 11.8 Å². The van der Waals surface area contributed by atoms with E-state index in [1.54, 1.807) is 24.3 Å². The Morgan fingerprint density at radius 2 is 2.29 bits per heavy atom. The Morgan fingerprint density at radius 1 is 1.59 bits per heavy atom. The second kappa shape index (κ2) is 6.89. The molecule has 0 fully saturated rings. The number of halogens is 1. The first kappa shape index (κ1) is 14.4. The molecule has 1 aromatic carbocycles. The molecule has 0 aliphatic heterocycles. The number of thioether (sulfide) groups is 1. The van der Waals surface area contributed by atoms with Gasteiger partial charge in [0.05, 0.1) is 6.61 Å². The first-order chi connectivity index (χ1) is 8.08. The number of nitrogens with one attached hydrogen (secondary N) is 1. The topological polar surface area (TPSA) is 49.3 Å². The molecule has 5 heteroatoms. The Morgan fingerprint density at radius 3 is 2.82 bits per heavy atom. The fraction of sp³-hybridized carbons (Fsp3) is 0.417. The van der Waals surface area contributed by atoms with Crippen LogP contribution in [0.25, 0.3) is 0 Å². The summed E-state index contributed by atoms with van der Waals surface area (Å²) in [7, 11) is 0. The number of hydrogen-bond acceptors (Lipinski definition) is 3. The largest absolute Gasteiger partial charge is 0.395 e. The zero-order valence-electron chi connectivity index (χ0n) is 9.81. The second-order valence-corrected chi connectivity index (χ2v) is 5.24. The van der Waals surface area contributed by atoms with Crippen LogP contribution in [0.4, 0.5) is 0 Å². The monoisotopic (exact) mass is 273 g/mol. The van der Waals surface area contributed by atoms with Gasteiger partial charge in [0.1, 0.15) is 0 Å². The third kappa shape index (κ3) is 4.22. The first-order valence-corrected chi connectivity index (χ1v) is 6.95. The molecule has 0 heterocycles. The lowest BCUT2D eigenvalue weighted by atomic mass is 10.2. The van der Waals surface area contributed by atoms with Gasteiger partial charge in [-0.2, -0.15) is 11.8 Å². The van der Waals surface area contributed by atoms with Crippen LogP contribution in [0.1, 0.15) is 17.3 Å². The van der Waals surface area contributed by atoms with E-state index in [4.69, 9.17) is 16.7 Å². The maximum absolute atomic E-state index is 11.9. The average molecular weight is 274 g/mol. The van der Waals surface area contributed by atoms with Crippen LogP contribution in [-0.4, -0.2) is 35.2 Å². The third-order valence-electron chi connectivity index (χ3n) is 2.49. The van der Waals surface area contributed by atoms with E-state index < -0.39 is 0 Å². The fourth-order valence-electron chi connectivity index (χ4n) is 1.45. The quantitative estimate of drug-likeness (QED) is 0.865. The number of benzene rings is 1. The summed E-state index contributed by atoms with van der Waals surface area (Å²) in [5.41, 5.74) is 0.530.